The van der Waals surface area contributed by atoms with Crippen LogP contribution in [0.1, 0.15) is 48.8 Å². The summed E-state index contributed by atoms with van der Waals surface area (Å²) in [6, 6.07) is 23.4. The Morgan fingerprint density at radius 2 is 1.59 bits per heavy atom. The minimum Gasteiger partial charge on any atom is -0.861 e. The van der Waals surface area contributed by atoms with Crippen LogP contribution in [-0.4, -0.2) is 47.3 Å². The number of carboxylic acids is 1. The SMILES string of the molecule is O=C([O-])[C@H](CCCC(F)(F)F)N=C(c1ccccc1)c1ccccc1N=C([O-])[C@@H]1CCCN1Cc1ccccc1.[Ni+2]. The average molecular weight is 608 g/mol. The van der Waals surface area contributed by atoms with Gasteiger partial charge < -0.3 is 15.0 Å². The molecule has 1 fully saturated rings. The molecule has 0 unspecified atom stereocenters. The number of aliphatic imine (C=N–C) groups is 2. The Bertz CT molecular complexity index is 1330. The van der Waals surface area contributed by atoms with Gasteiger partial charge in [-0.1, -0.05) is 78.9 Å². The number of likely N-dealkylation sites (tertiary alicyclic amines) is 1. The van der Waals surface area contributed by atoms with Crippen molar-refractivity contribution in [3.05, 3.63) is 102 Å². The third kappa shape index (κ3) is 9.27. The first-order chi connectivity index (χ1) is 19.2. The zero-order chi connectivity index (χ0) is 28.5. The van der Waals surface area contributed by atoms with Crippen molar-refractivity contribution >= 4 is 23.3 Å². The summed E-state index contributed by atoms with van der Waals surface area (Å²) in [6.07, 6.45) is -4.73. The van der Waals surface area contributed by atoms with Crippen molar-refractivity contribution in [3.8, 4) is 0 Å². The molecule has 0 amide bonds. The van der Waals surface area contributed by atoms with Gasteiger partial charge in [0.1, 0.15) is 0 Å². The van der Waals surface area contributed by atoms with Crippen LogP contribution in [0.5, 0.6) is 0 Å². The number of nitrogens with zero attached hydrogens (tertiary/aromatic N) is 3. The zero-order valence-electron chi connectivity index (χ0n) is 22.2. The standard InChI is InChI=1S/C31H32F3N3O3.Ni/c32-31(33,34)19-9-17-26(30(39)40)35-28(23-13-5-2-6-14-23)24-15-7-8-16-25(24)36-29(38)27-18-10-20-37(27)21-22-11-3-1-4-12-22;/h1-8,11-16,26-27H,9-10,17-21H2,(H,36,38)(H,39,40);/q;+2/p-2/t26-,27-;/m0./s1. The van der Waals surface area contributed by atoms with Crippen molar-refractivity contribution < 1.29 is 44.7 Å². The fourth-order valence-corrected chi connectivity index (χ4v) is 4.86. The van der Waals surface area contributed by atoms with Crippen LogP contribution in [0.25, 0.3) is 0 Å². The van der Waals surface area contributed by atoms with E-state index in [1.165, 1.54) is 0 Å². The Kier molecular flexibility index (Phi) is 11.7. The molecule has 2 atom stereocenters. The summed E-state index contributed by atoms with van der Waals surface area (Å²) in [7, 11) is 0. The molecule has 0 N–H and O–H groups in total. The number of benzene rings is 3. The van der Waals surface area contributed by atoms with E-state index >= 15 is 0 Å². The Morgan fingerprint density at radius 1 is 0.951 bits per heavy atom. The van der Waals surface area contributed by atoms with Gasteiger partial charge in [-0.3, -0.25) is 14.9 Å². The molecule has 0 spiro atoms. The first-order valence-electron chi connectivity index (χ1n) is 13.2. The van der Waals surface area contributed by atoms with Gasteiger partial charge in [0.25, 0.3) is 0 Å². The van der Waals surface area contributed by atoms with Gasteiger partial charge in [0.15, 0.2) is 0 Å². The number of para-hydroxylation sites is 1. The maximum absolute atomic E-state index is 13.4. The number of hydrogen-bond acceptors (Lipinski definition) is 6. The topological polar surface area (TPSA) is 91.1 Å². The van der Waals surface area contributed by atoms with Crippen molar-refractivity contribution in [1.29, 1.82) is 0 Å². The largest absolute Gasteiger partial charge is 2.00 e. The molecule has 1 saturated heterocycles. The predicted molar refractivity (Wildman–Crippen MR) is 144 cm³/mol. The summed E-state index contributed by atoms with van der Waals surface area (Å²) in [5.41, 5.74) is 2.60. The van der Waals surface area contributed by atoms with Crippen molar-refractivity contribution in [1.82, 2.24) is 4.90 Å². The molecule has 4 rings (SSSR count). The molecular weight excluding hydrogens is 578 g/mol. The van der Waals surface area contributed by atoms with Crippen LogP contribution in [-0.2, 0) is 27.8 Å². The second-order valence-corrected chi connectivity index (χ2v) is 9.77. The van der Waals surface area contributed by atoms with E-state index in [1.807, 2.05) is 30.3 Å². The first kappa shape index (κ1) is 32.0. The van der Waals surface area contributed by atoms with Crippen LogP contribution in [0.4, 0.5) is 18.9 Å². The fraction of sp³-hybridized carbons (Fsp3) is 0.323. The van der Waals surface area contributed by atoms with Gasteiger partial charge in [0.05, 0.1) is 23.4 Å². The van der Waals surface area contributed by atoms with E-state index in [2.05, 4.69) is 14.9 Å². The predicted octanol–water partition coefficient (Wildman–Crippen LogP) is 4.43. The third-order valence-corrected chi connectivity index (χ3v) is 6.81. The Morgan fingerprint density at radius 3 is 2.24 bits per heavy atom. The summed E-state index contributed by atoms with van der Waals surface area (Å²) in [5, 5.41) is 25.3. The summed E-state index contributed by atoms with van der Waals surface area (Å²) in [6.45, 7) is 1.39. The molecule has 1 aliphatic heterocycles. The third-order valence-electron chi connectivity index (χ3n) is 6.81. The Balaban J connectivity index is 0.00000462. The van der Waals surface area contributed by atoms with Gasteiger partial charge in [-0.05, 0) is 49.8 Å². The number of hydrogen-bond donors (Lipinski definition) is 0. The minimum absolute atomic E-state index is 0. The molecule has 6 nitrogen and oxygen atoms in total. The summed E-state index contributed by atoms with van der Waals surface area (Å²) in [4.78, 5) is 22.8. The van der Waals surface area contributed by atoms with E-state index in [1.54, 1.807) is 54.6 Å². The van der Waals surface area contributed by atoms with Crippen LogP contribution >= 0.6 is 0 Å². The van der Waals surface area contributed by atoms with Gasteiger partial charge in [0, 0.05) is 30.1 Å². The van der Waals surface area contributed by atoms with Crippen molar-refractivity contribution in [2.75, 3.05) is 6.54 Å². The first-order valence-corrected chi connectivity index (χ1v) is 13.2. The normalized spacial score (nSPS) is 17.2. The molecule has 1 heterocycles. The number of halogens is 3. The monoisotopic (exact) mass is 607 g/mol. The van der Waals surface area contributed by atoms with Crippen LogP contribution in [0.15, 0.2) is 94.9 Å². The smallest absolute Gasteiger partial charge is 0.861 e. The number of rotatable bonds is 11. The quantitative estimate of drug-likeness (QED) is 0.183. The average Bonchev–Trinajstić information content (AvgIpc) is 3.39. The van der Waals surface area contributed by atoms with E-state index in [9.17, 15) is 28.2 Å². The fourth-order valence-electron chi connectivity index (χ4n) is 4.86. The van der Waals surface area contributed by atoms with Crippen LogP contribution in [0.3, 0.4) is 0 Å². The molecule has 0 aliphatic carbocycles. The van der Waals surface area contributed by atoms with E-state index in [0.717, 1.165) is 18.5 Å². The number of aliphatic carboxylic acids is 1. The van der Waals surface area contributed by atoms with E-state index in [4.69, 9.17) is 0 Å². The van der Waals surface area contributed by atoms with Crippen LogP contribution in [0, 0.1) is 0 Å². The maximum atomic E-state index is 13.4. The van der Waals surface area contributed by atoms with Gasteiger partial charge in [-0.2, -0.15) is 13.2 Å². The molecule has 218 valence electrons. The minimum atomic E-state index is -4.40. The Hall–Kier alpha value is -3.49. The van der Waals surface area contributed by atoms with Gasteiger partial charge >= 0.3 is 22.7 Å². The zero-order valence-corrected chi connectivity index (χ0v) is 23.2. The van der Waals surface area contributed by atoms with E-state index < -0.39 is 37.1 Å². The van der Waals surface area contributed by atoms with Gasteiger partial charge in [-0.25, -0.2) is 0 Å². The number of carboxylic acid groups (broad SMARTS) is 1. The molecule has 3 aromatic rings. The van der Waals surface area contributed by atoms with Crippen molar-refractivity contribution in [2.24, 2.45) is 9.98 Å². The molecule has 41 heavy (non-hydrogen) atoms. The molecule has 0 radical (unpaired) electrons. The molecule has 0 saturated carbocycles. The van der Waals surface area contributed by atoms with Crippen molar-refractivity contribution in [2.45, 2.75) is 56.9 Å². The summed E-state index contributed by atoms with van der Waals surface area (Å²) in [5.74, 6) is -1.88. The number of carbonyl (C=O) groups is 1. The molecule has 0 aromatic heterocycles. The number of alkyl halides is 3. The second-order valence-electron chi connectivity index (χ2n) is 9.77. The Labute approximate surface area is 247 Å². The molecule has 10 heteroatoms. The van der Waals surface area contributed by atoms with Gasteiger partial charge in [-0.15, -0.1) is 0 Å². The summed E-state index contributed by atoms with van der Waals surface area (Å²) < 4.78 is 38.1. The summed E-state index contributed by atoms with van der Waals surface area (Å²) >= 11 is 0. The number of carbonyl (C=O) groups excluding carboxylic acids is 1. The van der Waals surface area contributed by atoms with Crippen molar-refractivity contribution in [3.63, 3.8) is 0 Å². The molecular formula is C31H30F3N3NiO3. The molecule has 0 bridgehead atoms. The molecule has 3 aromatic carbocycles. The second kappa shape index (κ2) is 14.9. The van der Waals surface area contributed by atoms with Crippen LogP contribution in [0.2, 0.25) is 0 Å². The van der Waals surface area contributed by atoms with Gasteiger partial charge in [0.2, 0.25) is 0 Å². The van der Waals surface area contributed by atoms with E-state index in [0.29, 0.717) is 29.8 Å². The molecule has 1 aliphatic rings. The van der Waals surface area contributed by atoms with E-state index in [-0.39, 0.29) is 34.5 Å². The van der Waals surface area contributed by atoms with Crippen LogP contribution < -0.4 is 10.2 Å². The maximum Gasteiger partial charge on any atom is 2.00 e.